The minimum absolute atomic E-state index is 0.178. The van der Waals surface area contributed by atoms with Crippen LogP contribution in [-0.4, -0.2) is 37.9 Å². The molecule has 0 aliphatic heterocycles. The van der Waals surface area contributed by atoms with Gasteiger partial charge in [0, 0.05) is 36.6 Å². The van der Waals surface area contributed by atoms with Crippen molar-refractivity contribution >= 4 is 32.6 Å². The number of ether oxygens (including phenoxy) is 1. The molecule has 1 N–H and O–H groups in total. The number of aromatic nitrogens is 5. The Kier molecular flexibility index (Phi) is 3.65. The molecule has 4 aromatic rings. The SMILES string of the molecule is COc1ncc(-c2cnn(C)c2)c2sc(NC(=O)c3ccon3)nc12. The predicted octanol–water partition coefficient (Wildman–Crippen LogP) is 2.34. The van der Waals surface area contributed by atoms with Crippen molar-refractivity contribution in [2.75, 3.05) is 12.4 Å². The summed E-state index contributed by atoms with van der Waals surface area (Å²) < 4.78 is 12.5. The largest absolute Gasteiger partial charge is 0.479 e. The van der Waals surface area contributed by atoms with Crippen LogP contribution < -0.4 is 10.1 Å². The first-order chi connectivity index (χ1) is 12.2. The molecule has 0 saturated carbocycles. The first-order valence-corrected chi connectivity index (χ1v) is 8.01. The summed E-state index contributed by atoms with van der Waals surface area (Å²) in [5, 5.41) is 10.9. The molecule has 4 rings (SSSR count). The Balaban J connectivity index is 1.79. The zero-order valence-corrected chi connectivity index (χ0v) is 14.1. The van der Waals surface area contributed by atoms with Gasteiger partial charge in [-0.15, -0.1) is 0 Å². The van der Waals surface area contributed by atoms with Crippen LogP contribution in [0.15, 0.2) is 35.4 Å². The highest BCUT2D eigenvalue weighted by Gasteiger charge is 2.18. The standard InChI is InChI=1S/C15H12N6O3S/c1-21-7-8(5-17-21)9-6-16-14(23-2)11-12(9)25-15(18-11)19-13(22)10-3-4-24-20-10/h3-7H,1-2H3,(H,18,19,22). The maximum Gasteiger partial charge on any atom is 0.279 e. The number of hydrogen-bond acceptors (Lipinski definition) is 8. The molecule has 0 bridgehead atoms. The van der Waals surface area contributed by atoms with Crippen LogP contribution in [0, 0.1) is 0 Å². The Bertz CT molecular complexity index is 1050. The predicted molar refractivity (Wildman–Crippen MR) is 90.6 cm³/mol. The van der Waals surface area contributed by atoms with Gasteiger partial charge in [-0.1, -0.05) is 16.5 Å². The van der Waals surface area contributed by atoms with E-state index in [-0.39, 0.29) is 5.69 Å². The van der Waals surface area contributed by atoms with Crippen LogP contribution in [0.25, 0.3) is 21.3 Å². The summed E-state index contributed by atoms with van der Waals surface area (Å²) in [5.74, 6) is -0.0107. The van der Waals surface area contributed by atoms with Gasteiger partial charge < -0.3 is 9.26 Å². The number of pyridine rings is 1. The number of rotatable bonds is 4. The lowest BCUT2D eigenvalue weighted by Gasteiger charge is -2.02. The Morgan fingerprint density at radius 3 is 2.96 bits per heavy atom. The number of nitrogens with one attached hydrogen (secondary N) is 1. The molecule has 0 radical (unpaired) electrons. The Morgan fingerprint density at radius 2 is 2.28 bits per heavy atom. The summed E-state index contributed by atoms with van der Waals surface area (Å²) in [5.41, 5.74) is 2.52. The molecule has 25 heavy (non-hydrogen) atoms. The van der Waals surface area contributed by atoms with Crippen molar-refractivity contribution in [3.63, 3.8) is 0 Å². The molecule has 4 heterocycles. The molecule has 9 nitrogen and oxygen atoms in total. The van der Waals surface area contributed by atoms with Crippen LogP contribution in [0.5, 0.6) is 5.88 Å². The van der Waals surface area contributed by atoms with Crippen molar-refractivity contribution in [2.45, 2.75) is 0 Å². The molecule has 4 aromatic heterocycles. The molecule has 0 saturated heterocycles. The van der Waals surface area contributed by atoms with E-state index in [4.69, 9.17) is 4.74 Å². The summed E-state index contributed by atoms with van der Waals surface area (Å²) in [7, 11) is 3.37. The second kappa shape index (κ2) is 5.98. The van der Waals surface area contributed by atoms with E-state index in [9.17, 15) is 4.79 Å². The van der Waals surface area contributed by atoms with Gasteiger partial charge in [0.15, 0.2) is 10.8 Å². The van der Waals surface area contributed by atoms with Gasteiger partial charge in [0.2, 0.25) is 5.88 Å². The van der Waals surface area contributed by atoms with Crippen LogP contribution in [-0.2, 0) is 7.05 Å². The smallest absolute Gasteiger partial charge is 0.279 e. The monoisotopic (exact) mass is 356 g/mol. The number of thiazole rings is 1. The van der Waals surface area contributed by atoms with E-state index >= 15 is 0 Å². The van der Waals surface area contributed by atoms with E-state index in [0.717, 1.165) is 15.8 Å². The molecule has 0 atom stereocenters. The zero-order chi connectivity index (χ0) is 17.4. The fourth-order valence-corrected chi connectivity index (χ4v) is 3.33. The minimum atomic E-state index is -0.400. The number of methoxy groups -OCH3 is 1. The minimum Gasteiger partial charge on any atom is -0.479 e. The highest BCUT2D eigenvalue weighted by molar-refractivity contribution is 7.23. The highest BCUT2D eigenvalue weighted by Crippen LogP contribution is 2.38. The second-order valence-corrected chi connectivity index (χ2v) is 6.12. The molecular formula is C15H12N6O3S. The third kappa shape index (κ3) is 2.72. The maximum atomic E-state index is 12.1. The lowest BCUT2D eigenvalue weighted by atomic mass is 10.1. The summed E-state index contributed by atoms with van der Waals surface area (Å²) in [6.45, 7) is 0. The quantitative estimate of drug-likeness (QED) is 0.598. The van der Waals surface area contributed by atoms with E-state index in [0.29, 0.717) is 16.5 Å². The fraction of sp³-hybridized carbons (Fsp3) is 0.133. The van der Waals surface area contributed by atoms with E-state index in [1.54, 1.807) is 17.1 Å². The van der Waals surface area contributed by atoms with Crippen molar-refractivity contribution in [2.24, 2.45) is 7.05 Å². The van der Waals surface area contributed by atoms with Gasteiger partial charge in [-0.25, -0.2) is 9.97 Å². The second-order valence-electron chi connectivity index (χ2n) is 5.12. The Labute approximate surface area is 145 Å². The van der Waals surface area contributed by atoms with Crippen molar-refractivity contribution in [1.82, 2.24) is 24.9 Å². The van der Waals surface area contributed by atoms with Gasteiger partial charge in [-0.05, 0) is 0 Å². The fourth-order valence-electron chi connectivity index (χ4n) is 2.35. The normalized spacial score (nSPS) is 11.0. The van der Waals surface area contributed by atoms with Gasteiger partial charge in [0.1, 0.15) is 11.8 Å². The molecule has 1 amide bonds. The van der Waals surface area contributed by atoms with Crippen LogP contribution in [0.2, 0.25) is 0 Å². The van der Waals surface area contributed by atoms with E-state index in [1.165, 1.54) is 30.8 Å². The molecule has 0 unspecified atom stereocenters. The van der Waals surface area contributed by atoms with Gasteiger partial charge >= 0.3 is 0 Å². The van der Waals surface area contributed by atoms with Crippen LogP contribution in [0.4, 0.5) is 5.13 Å². The van der Waals surface area contributed by atoms with Crippen molar-refractivity contribution in [1.29, 1.82) is 0 Å². The molecule has 0 aliphatic carbocycles. The van der Waals surface area contributed by atoms with E-state index in [1.807, 2.05) is 13.2 Å². The number of amides is 1. The number of anilines is 1. The number of fused-ring (bicyclic) bond motifs is 1. The highest BCUT2D eigenvalue weighted by atomic mass is 32.1. The van der Waals surface area contributed by atoms with Crippen molar-refractivity contribution in [3.05, 3.63) is 36.6 Å². The topological polar surface area (TPSA) is 108 Å². The summed E-state index contributed by atoms with van der Waals surface area (Å²) in [6.07, 6.45) is 6.67. The molecule has 0 aromatic carbocycles. The third-order valence-corrected chi connectivity index (χ3v) is 4.49. The first kappa shape index (κ1) is 15.3. The van der Waals surface area contributed by atoms with Crippen LogP contribution in [0.3, 0.4) is 0 Å². The molecule has 0 aliphatic rings. The van der Waals surface area contributed by atoms with Gasteiger partial charge in [0.25, 0.3) is 5.91 Å². The number of hydrogen-bond donors (Lipinski definition) is 1. The van der Waals surface area contributed by atoms with Crippen molar-refractivity contribution < 1.29 is 14.1 Å². The summed E-state index contributed by atoms with van der Waals surface area (Å²) in [4.78, 5) is 20.9. The zero-order valence-electron chi connectivity index (χ0n) is 13.3. The third-order valence-electron chi connectivity index (χ3n) is 3.49. The van der Waals surface area contributed by atoms with Gasteiger partial charge in [-0.3, -0.25) is 14.8 Å². The summed E-state index contributed by atoms with van der Waals surface area (Å²) in [6, 6.07) is 1.48. The van der Waals surface area contributed by atoms with Crippen LogP contribution >= 0.6 is 11.3 Å². The average molecular weight is 356 g/mol. The molecule has 0 fully saturated rings. The lowest BCUT2D eigenvalue weighted by Crippen LogP contribution is -2.11. The number of nitrogens with zero attached hydrogens (tertiary/aromatic N) is 5. The molecule has 10 heteroatoms. The molecule has 0 spiro atoms. The van der Waals surface area contributed by atoms with Crippen LogP contribution in [0.1, 0.15) is 10.5 Å². The Hall–Kier alpha value is -3.27. The maximum absolute atomic E-state index is 12.1. The number of carbonyl (C=O) groups excluding carboxylic acids is 1. The first-order valence-electron chi connectivity index (χ1n) is 7.20. The number of aryl methyl sites for hydroxylation is 1. The molecular weight excluding hydrogens is 344 g/mol. The lowest BCUT2D eigenvalue weighted by molar-refractivity contribution is 0.101. The van der Waals surface area contributed by atoms with Gasteiger partial charge in [0.05, 0.1) is 18.0 Å². The van der Waals surface area contributed by atoms with Gasteiger partial charge in [-0.2, -0.15) is 5.10 Å². The van der Waals surface area contributed by atoms with E-state index in [2.05, 4.69) is 30.1 Å². The van der Waals surface area contributed by atoms with E-state index < -0.39 is 5.91 Å². The molecule has 126 valence electrons. The van der Waals surface area contributed by atoms with Crippen molar-refractivity contribution in [3.8, 4) is 17.0 Å². The Morgan fingerprint density at radius 1 is 1.40 bits per heavy atom. The average Bonchev–Trinajstić information content (AvgIpc) is 3.33. The number of carbonyl (C=O) groups is 1. The summed E-state index contributed by atoms with van der Waals surface area (Å²) >= 11 is 1.32.